The zero-order valence-electron chi connectivity index (χ0n) is 16.6. The second kappa shape index (κ2) is 8.42. The summed E-state index contributed by atoms with van der Waals surface area (Å²) < 4.78 is 11.7. The minimum absolute atomic E-state index is 0.247. The smallest absolute Gasteiger partial charge is 0.131 e. The van der Waals surface area contributed by atoms with E-state index >= 15 is 0 Å². The van der Waals surface area contributed by atoms with Crippen LogP contribution in [-0.2, 0) is 0 Å². The Morgan fingerprint density at radius 3 is 2.60 bits per heavy atom. The number of ether oxygens (including phenoxy) is 2. The fourth-order valence-electron chi connectivity index (χ4n) is 3.11. The molecule has 0 aliphatic carbocycles. The Kier molecular flexibility index (Phi) is 6.52. The first kappa shape index (κ1) is 19.4. The van der Waals surface area contributed by atoms with Gasteiger partial charge in [-0.1, -0.05) is 29.4 Å². The molecule has 136 valence electrons. The fourth-order valence-corrected chi connectivity index (χ4v) is 3.11. The van der Waals surface area contributed by atoms with Gasteiger partial charge in [-0.25, -0.2) is 0 Å². The third kappa shape index (κ3) is 5.52. The van der Waals surface area contributed by atoms with Crippen LogP contribution in [0.25, 0.3) is 6.08 Å². The summed E-state index contributed by atoms with van der Waals surface area (Å²) in [5.41, 5.74) is 4.83. The molecule has 2 rings (SSSR count). The molecule has 0 aromatic heterocycles. The van der Waals surface area contributed by atoms with E-state index in [1.807, 2.05) is 12.1 Å². The average molecular weight is 341 g/mol. The number of hydrogen-bond donors (Lipinski definition) is 0. The maximum absolute atomic E-state index is 6.36. The summed E-state index contributed by atoms with van der Waals surface area (Å²) in [6, 6.07) is 4.07. The van der Waals surface area contributed by atoms with E-state index in [1.165, 1.54) is 11.1 Å². The van der Waals surface area contributed by atoms with Crippen LogP contribution in [0.3, 0.4) is 0 Å². The second-order valence-corrected chi connectivity index (χ2v) is 7.52. The van der Waals surface area contributed by atoms with Crippen LogP contribution in [0.15, 0.2) is 41.5 Å². The molecule has 25 heavy (non-hydrogen) atoms. The topological polar surface area (TPSA) is 18.5 Å². The van der Waals surface area contributed by atoms with Crippen molar-refractivity contribution >= 4 is 6.08 Å². The van der Waals surface area contributed by atoms with Gasteiger partial charge in [0.05, 0.1) is 7.11 Å². The lowest BCUT2D eigenvalue weighted by molar-refractivity contribution is 0.127. The van der Waals surface area contributed by atoms with Gasteiger partial charge in [0.25, 0.3) is 0 Å². The molecule has 0 bridgehead atoms. The summed E-state index contributed by atoms with van der Waals surface area (Å²) >= 11 is 0. The van der Waals surface area contributed by atoms with Crippen molar-refractivity contribution in [3.63, 3.8) is 0 Å². The molecular formula is C23H32O2. The predicted octanol–water partition coefficient (Wildman–Crippen LogP) is 6.64. The van der Waals surface area contributed by atoms with E-state index in [9.17, 15) is 0 Å². The Labute approximate surface area is 153 Å². The van der Waals surface area contributed by atoms with Gasteiger partial charge in [-0.2, -0.15) is 0 Å². The zero-order valence-corrected chi connectivity index (χ0v) is 16.6. The van der Waals surface area contributed by atoms with Crippen LogP contribution in [0.2, 0.25) is 0 Å². The van der Waals surface area contributed by atoms with E-state index in [1.54, 1.807) is 7.11 Å². The summed E-state index contributed by atoms with van der Waals surface area (Å²) in [7, 11) is 1.70. The summed E-state index contributed by atoms with van der Waals surface area (Å²) in [6.07, 6.45) is 13.3. The van der Waals surface area contributed by atoms with E-state index < -0.39 is 0 Å². The van der Waals surface area contributed by atoms with Gasteiger partial charge in [0, 0.05) is 5.56 Å². The van der Waals surface area contributed by atoms with E-state index in [4.69, 9.17) is 9.47 Å². The lowest BCUT2D eigenvalue weighted by Crippen LogP contribution is -2.32. The predicted molar refractivity (Wildman–Crippen MR) is 107 cm³/mol. The van der Waals surface area contributed by atoms with Gasteiger partial charge >= 0.3 is 0 Å². The van der Waals surface area contributed by atoms with Gasteiger partial charge < -0.3 is 9.47 Å². The number of hydrogen-bond acceptors (Lipinski definition) is 2. The monoisotopic (exact) mass is 340 g/mol. The molecule has 0 radical (unpaired) electrons. The van der Waals surface area contributed by atoms with Crippen LogP contribution >= 0.6 is 0 Å². The molecule has 1 aliphatic rings. The van der Waals surface area contributed by atoms with Crippen molar-refractivity contribution in [2.75, 3.05) is 7.11 Å². The number of benzene rings is 1. The Morgan fingerprint density at radius 2 is 1.92 bits per heavy atom. The van der Waals surface area contributed by atoms with Crippen LogP contribution in [0.4, 0.5) is 0 Å². The summed E-state index contributed by atoms with van der Waals surface area (Å²) in [4.78, 5) is 0. The average Bonchev–Trinajstić information content (AvgIpc) is 2.55. The highest BCUT2D eigenvalue weighted by Gasteiger charge is 2.28. The molecule has 2 heteroatoms. The number of aryl methyl sites for hydroxylation is 1. The molecule has 0 N–H and O–H groups in total. The number of rotatable bonds is 7. The van der Waals surface area contributed by atoms with Crippen LogP contribution in [0.5, 0.6) is 11.5 Å². The number of allylic oxidation sites excluding steroid dienone is 4. The molecular weight excluding hydrogens is 308 g/mol. The van der Waals surface area contributed by atoms with Crippen molar-refractivity contribution in [2.45, 2.75) is 65.9 Å². The van der Waals surface area contributed by atoms with Gasteiger partial charge in [0.15, 0.2) is 0 Å². The van der Waals surface area contributed by atoms with Crippen molar-refractivity contribution in [1.29, 1.82) is 0 Å². The molecule has 0 unspecified atom stereocenters. The van der Waals surface area contributed by atoms with Crippen molar-refractivity contribution in [2.24, 2.45) is 0 Å². The van der Waals surface area contributed by atoms with Crippen LogP contribution in [-0.4, -0.2) is 12.7 Å². The van der Waals surface area contributed by atoms with Crippen molar-refractivity contribution in [3.8, 4) is 11.5 Å². The van der Waals surface area contributed by atoms with E-state index in [0.29, 0.717) is 0 Å². The minimum atomic E-state index is -0.247. The minimum Gasteiger partial charge on any atom is -0.497 e. The second-order valence-electron chi connectivity index (χ2n) is 7.52. The number of fused-ring (bicyclic) bond motifs is 1. The molecule has 1 aromatic carbocycles. The molecule has 0 spiro atoms. The molecule has 2 nitrogen and oxygen atoms in total. The van der Waals surface area contributed by atoms with Gasteiger partial charge in [0.2, 0.25) is 0 Å². The van der Waals surface area contributed by atoms with Crippen molar-refractivity contribution < 1.29 is 9.47 Å². The summed E-state index contributed by atoms with van der Waals surface area (Å²) in [5.74, 6) is 1.86. The molecule has 0 fully saturated rings. The van der Waals surface area contributed by atoms with Gasteiger partial charge in [-0.3, -0.25) is 0 Å². The third-order valence-electron chi connectivity index (χ3n) is 4.69. The third-order valence-corrected chi connectivity index (χ3v) is 4.69. The summed E-state index contributed by atoms with van der Waals surface area (Å²) in [5, 5.41) is 0. The largest absolute Gasteiger partial charge is 0.497 e. The summed E-state index contributed by atoms with van der Waals surface area (Å²) in [6.45, 7) is 10.8. The van der Waals surface area contributed by atoms with Crippen molar-refractivity contribution in [1.82, 2.24) is 0 Å². The lowest BCUT2D eigenvalue weighted by Gasteiger charge is -2.32. The standard InChI is InChI=1S/C23H32O2/c1-17(2)9-7-10-18(3)11-8-13-23(5)14-12-20-16-21(24-6)15-19(4)22(20)25-23/h9,11-12,14-16H,7-8,10,13H2,1-6H3/b18-11+/t23-/m0/s1. The first-order valence-corrected chi connectivity index (χ1v) is 9.19. The highest BCUT2D eigenvalue weighted by Crippen LogP contribution is 2.38. The fraction of sp³-hybridized carbons (Fsp3) is 0.478. The molecule has 0 saturated heterocycles. The quantitative estimate of drug-likeness (QED) is 0.518. The highest BCUT2D eigenvalue weighted by molar-refractivity contribution is 5.65. The number of methoxy groups -OCH3 is 1. The van der Waals surface area contributed by atoms with Gasteiger partial charge in [0.1, 0.15) is 17.1 Å². The molecule has 1 atom stereocenters. The normalized spacial score (nSPS) is 19.2. The maximum Gasteiger partial charge on any atom is 0.131 e. The van der Waals surface area contributed by atoms with Crippen LogP contribution in [0.1, 0.15) is 64.5 Å². The highest BCUT2D eigenvalue weighted by atomic mass is 16.5. The maximum atomic E-state index is 6.36. The molecule has 0 amide bonds. The van der Waals surface area contributed by atoms with Crippen LogP contribution in [0, 0.1) is 6.92 Å². The van der Waals surface area contributed by atoms with Gasteiger partial charge in [-0.15, -0.1) is 0 Å². The van der Waals surface area contributed by atoms with E-state index in [-0.39, 0.29) is 5.60 Å². The zero-order chi connectivity index (χ0) is 18.4. The Balaban J connectivity index is 1.97. The molecule has 1 heterocycles. The first-order valence-electron chi connectivity index (χ1n) is 9.19. The van der Waals surface area contributed by atoms with Crippen LogP contribution < -0.4 is 9.47 Å². The Hall–Kier alpha value is -1.96. The van der Waals surface area contributed by atoms with Crippen molar-refractivity contribution in [3.05, 3.63) is 52.6 Å². The lowest BCUT2D eigenvalue weighted by atomic mass is 9.93. The SMILES string of the molecule is COc1cc(C)c2c(c1)C=C[C@](C)(CC/C=C(\C)CCC=C(C)C)O2. The van der Waals surface area contributed by atoms with Gasteiger partial charge in [-0.05, 0) is 84.1 Å². The Bertz CT molecular complexity index is 690. The molecule has 0 saturated carbocycles. The first-order chi connectivity index (χ1) is 11.8. The Morgan fingerprint density at radius 1 is 1.16 bits per heavy atom. The molecule has 1 aromatic rings. The van der Waals surface area contributed by atoms with E-state index in [0.717, 1.165) is 48.3 Å². The van der Waals surface area contributed by atoms with E-state index in [2.05, 4.69) is 58.9 Å². The molecule has 1 aliphatic heterocycles.